The van der Waals surface area contributed by atoms with Gasteiger partial charge in [0.2, 0.25) is 11.8 Å². The number of aromatic amines is 2. The van der Waals surface area contributed by atoms with E-state index in [-0.39, 0.29) is 47.8 Å². The van der Waals surface area contributed by atoms with Gasteiger partial charge >= 0.3 is 12.2 Å². The van der Waals surface area contributed by atoms with Crippen molar-refractivity contribution in [3.8, 4) is 28.1 Å². The molecule has 5 aromatic rings. The van der Waals surface area contributed by atoms with E-state index in [4.69, 9.17) is 24.2 Å². The highest BCUT2D eigenvalue weighted by Gasteiger charge is 2.44. The molecule has 0 spiro atoms. The van der Waals surface area contributed by atoms with Crippen LogP contribution in [0.3, 0.4) is 0 Å². The molecule has 9 rings (SSSR count). The molecule has 0 aliphatic carbocycles. The van der Waals surface area contributed by atoms with E-state index in [9.17, 15) is 24.3 Å². The first-order chi connectivity index (χ1) is 30.4. The minimum atomic E-state index is -1.21. The van der Waals surface area contributed by atoms with Crippen molar-refractivity contribution in [3.63, 3.8) is 0 Å². The summed E-state index contributed by atoms with van der Waals surface area (Å²) in [6.07, 6.45) is 4.98. The van der Waals surface area contributed by atoms with Crippen LogP contribution < -0.4 is 15.4 Å². The number of nitrogens with zero attached hydrogens (tertiary/aromatic N) is 4. The summed E-state index contributed by atoms with van der Waals surface area (Å²) < 4.78 is 16.8. The van der Waals surface area contributed by atoms with Crippen LogP contribution in [0.2, 0.25) is 0 Å². The van der Waals surface area contributed by atoms with Gasteiger partial charge in [-0.1, -0.05) is 38.5 Å². The first-order valence-electron chi connectivity index (χ1n) is 22.3. The summed E-state index contributed by atoms with van der Waals surface area (Å²) >= 11 is 0. The molecule has 4 amide bonds. The maximum absolute atomic E-state index is 14.1. The minimum absolute atomic E-state index is 0.0306. The van der Waals surface area contributed by atoms with E-state index in [1.54, 1.807) is 6.20 Å². The Hall–Kier alpha value is -6.16. The van der Waals surface area contributed by atoms with Gasteiger partial charge in [-0.25, -0.2) is 19.6 Å². The van der Waals surface area contributed by atoms with Gasteiger partial charge in [0, 0.05) is 36.2 Å². The second kappa shape index (κ2) is 17.2. The number of aromatic nitrogens is 4. The Balaban J connectivity index is 0.962. The largest absolute Gasteiger partial charge is 0.488 e. The Morgan fingerprint density at radius 1 is 0.889 bits per heavy atom. The van der Waals surface area contributed by atoms with Gasteiger partial charge in [0.15, 0.2) is 0 Å². The second-order valence-corrected chi connectivity index (χ2v) is 17.7. The zero-order chi connectivity index (χ0) is 44.1. The SMILES string of the molecule is CC[C@H](C)[C@H](NC(=O)OC)C(=O)N1[C@@H](C)CC[C@H]1c1nc2c(ccc3cc4c(cc32)OCc2cc(-c3cnc([C@@H]5CC[C@H](C)N5C(=O)[C@@H](NC(=O)O)C5CCOCC5)[nH]3)ccc2-4)[nH]1. The van der Waals surface area contributed by atoms with E-state index in [1.165, 1.54) is 7.11 Å². The molecular formula is C47H56N8O8. The minimum Gasteiger partial charge on any atom is -0.488 e. The van der Waals surface area contributed by atoms with Crippen LogP contribution in [0.1, 0.15) is 102 Å². The zero-order valence-corrected chi connectivity index (χ0v) is 36.4. The van der Waals surface area contributed by atoms with E-state index in [1.807, 2.05) is 43.6 Å². The van der Waals surface area contributed by atoms with E-state index in [0.717, 1.165) is 81.2 Å². The van der Waals surface area contributed by atoms with Crippen LogP contribution in [0.25, 0.3) is 44.2 Å². The van der Waals surface area contributed by atoms with Gasteiger partial charge in [0.25, 0.3) is 0 Å². The highest BCUT2D eigenvalue weighted by molar-refractivity contribution is 6.07. The number of fused-ring (bicyclic) bond motifs is 6. The van der Waals surface area contributed by atoms with Crippen LogP contribution in [0, 0.1) is 11.8 Å². The number of alkyl carbamates (subject to hydrolysis) is 1. The van der Waals surface area contributed by atoms with Crippen molar-refractivity contribution in [3.05, 3.63) is 65.9 Å². The topological polar surface area (TPSA) is 204 Å². The number of carboxylic acid groups (broad SMARTS) is 1. The number of hydrogen-bond acceptors (Lipinski definition) is 9. The van der Waals surface area contributed by atoms with Gasteiger partial charge in [-0.3, -0.25) is 9.59 Å². The fourth-order valence-electron chi connectivity index (χ4n) is 10.3. The van der Waals surface area contributed by atoms with Gasteiger partial charge < -0.3 is 49.7 Å². The van der Waals surface area contributed by atoms with Gasteiger partial charge in [-0.2, -0.15) is 0 Å². The van der Waals surface area contributed by atoms with E-state index >= 15 is 0 Å². The summed E-state index contributed by atoms with van der Waals surface area (Å²) in [7, 11) is 1.30. The summed E-state index contributed by atoms with van der Waals surface area (Å²) in [5, 5.41) is 16.9. The lowest BCUT2D eigenvalue weighted by Crippen LogP contribution is -2.54. The molecule has 0 saturated carbocycles. The number of imidazole rings is 2. The number of carbonyl (C=O) groups is 4. The molecular weight excluding hydrogens is 805 g/mol. The number of hydrogen-bond donors (Lipinski definition) is 5. The lowest BCUT2D eigenvalue weighted by atomic mass is 9.90. The molecule has 7 atom stereocenters. The number of methoxy groups -OCH3 is 1. The summed E-state index contributed by atoms with van der Waals surface area (Å²) in [5.41, 5.74) is 6.51. The maximum atomic E-state index is 14.1. The molecule has 4 aliphatic heterocycles. The molecule has 16 nitrogen and oxygen atoms in total. The average molecular weight is 861 g/mol. The highest BCUT2D eigenvalue weighted by Crippen LogP contribution is 2.44. The number of ether oxygens (including phenoxy) is 3. The van der Waals surface area contributed by atoms with Crippen molar-refractivity contribution in [1.82, 2.24) is 40.4 Å². The van der Waals surface area contributed by atoms with E-state index < -0.39 is 24.3 Å². The number of benzene rings is 3. The molecule has 3 saturated heterocycles. The van der Waals surface area contributed by atoms with Gasteiger partial charge in [-0.15, -0.1) is 0 Å². The van der Waals surface area contributed by atoms with Crippen LogP contribution in [0.5, 0.6) is 5.75 Å². The monoisotopic (exact) mass is 860 g/mol. The number of likely N-dealkylation sites (tertiary alicyclic amines) is 2. The standard InChI is InChI=1S/C47H56N8O8/c1-6-24(2)39(53-47(60)61-5)44(56)55-26(4)8-14-37(55)43-49-34-12-10-28-20-33-31-11-9-29(19-30(31)23-63-38(33)21-32(28)41(34)51-43)35-22-48-42(50-35)36-13-7-25(3)54(36)45(57)40(52-46(58)59)27-15-17-62-18-16-27/h9-12,19-22,24-27,36-37,39-40,52H,6-8,13-18,23H2,1-5H3,(H,48,50)(H,49,51)(H,53,60)(H,58,59)/t24-,25-,26-,36-,37-,39-,40-/m0/s1. The number of rotatable bonds is 10. The Labute approximate surface area is 365 Å². The molecule has 0 bridgehead atoms. The fourth-order valence-corrected chi connectivity index (χ4v) is 10.3. The van der Waals surface area contributed by atoms with Gasteiger partial charge in [0.05, 0.1) is 42.1 Å². The molecule has 0 radical (unpaired) electrons. The molecule has 16 heteroatoms. The van der Waals surface area contributed by atoms with Gasteiger partial charge in [-0.05, 0) is 111 Å². The molecule has 3 aromatic carbocycles. The maximum Gasteiger partial charge on any atom is 0.407 e. The van der Waals surface area contributed by atoms with E-state index in [2.05, 4.69) is 57.0 Å². The third kappa shape index (κ3) is 7.82. The normalized spacial score (nSPS) is 22.6. The van der Waals surface area contributed by atoms with Crippen LogP contribution >= 0.6 is 0 Å². The van der Waals surface area contributed by atoms with Crippen molar-refractivity contribution >= 4 is 45.8 Å². The number of amides is 4. The van der Waals surface area contributed by atoms with Crippen molar-refractivity contribution in [2.75, 3.05) is 20.3 Å². The molecule has 5 N–H and O–H groups in total. The predicted molar refractivity (Wildman–Crippen MR) is 235 cm³/mol. The first-order valence-corrected chi connectivity index (χ1v) is 22.3. The summed E-state index contributed by atoms with van der Waals surface area (Å²) in [6, 6.07) is 12.4. The average Bonchev–Trinajstić information content (AvgIpc) is 4.12. The zero-order valence-electron chi connectivity index (χ0n) is 36.4. The number of nitrogens with one attached hydrogen (secondary N) is 4. The van der Waals surface area contributed by atoms with E-state index in [0.29, 0.717) is 50.7 Å². The number of carbonyl (C=O) groups excluding carboxylic acids is 3. The molecule has 0 unspecified atom stereocenters. The highest BCUT2D eigenvalue weighted by atomic mass is 16.5. The van der Waals surface area contributed by atoms with Crippen LogP contribution in [-0.4, -0.2) is 103 Å². The fraction of sp³-hybridized carbons (Fsp3) is 0.489. The summed E-state index contributed by atoms with van der Waals surface area (Å²) in [6.45, 7) is 9.39. The van der Waals surface area contributed by atoms with Crippen LogP contribution in [-0.2, 0) is 25.7 Å². The third-order valence-electron chi connectivity index (χ3n) is 14.0. The number of H-pyrrole nitrogens is 2. The quantitative estimate of drug-likeness (QED) is 0.0930. The van der Waals surface area contributed by atoms with Crippen molar-refractivity contribution < 1.29 is 38.5 Å². The molecule has 4 aliphatic rings. The van der Waals surface area contributed by atoms with Crippen LogP contribution in [0.15, 0.2) is 48.7 Å². The van der Waals surface area contributed by atoms with Crippen molar-refractivity contribution in [2.24, 2.45) is 11.8 Å². The molecule has 3 fully saturated rings. The summed E-state index contributed by atoms with van der Waals surface area (Å²) in [5.74, 6) is 1.57. The Bertz CT molecular complexity index is 2560. The first kappa shape index (κ1) is 42.2. The molecule has 6 heterocycles. The lowest BCUT2D eigenvalue weighted by Gasteiger charge is -2.35. The molecule has 332 valence electrons. The Morgan fingerprint density at radius 3 is 2.33 bits per heavy atom. The van der Waals surface area contributed by atoms with Crippen molar-refractivity contribution in [1.29, 1.82) is 0 Å². The van der Waals surface area contributed by atoms with Crippen molar-refractivity contribution in [2.45, 2.75) is 115 Å². The van der Waals surface area contributed by atoms with Crippen LogP contribution in [0.4, 0.5) is 9.59 Å². The summed E-state index contributed by atoms with van der Waals surface area (Å²) in [4.78, 5) is 73.0. The molecule has 2 aromatic heterocycles. The smallest absolute Gasteiger partial charge is 0.407 e. The molecule has 63 heavy (non-hydrogen) atoms. The Kier molecular flexibility index (Phi) is 11.5. The third-order valence-corrected chi connectivity index (χ3v) is 14.0. The lowest BCUT2D eigenvalue weighted by molar-refractivity contribution is -0.139. The predicted octanol–water partition coefficient (Wildman–Crippen LogP) is 7.60. The second-order valence-electron chi connectivity index (χ2n) is 17.7. The van der Waals surface area contributed by atoms with Gasteiger partial charge in [0.1, 0.15) is 36.1 Å². The Morgan fingerprint density at radius 2 is 1.62 bits per heavy atom.